The number of ether oxygens (including phenoxy) is 1. The van der Waals surface area contributed by atoms with E-state index in [1.165, 1.54) is 6.92 Å². The van der Waals surface area contributed by atoms with E-state index in [0.717, 1.165) is 30.4 Å². The number of carbonyl (C=O) groups is 2. The van der Waals surface area contributed by atoms with Gasteiger partial charge in [-0.15, -0.1) is 0 Å². The van der Waals surface area contributed by atoms with Crippen LogP contribution in [0.2, 0.25) is 0 Å². The Kier molecular flexibility index (Phi) is 6.88. The second-order valence-electron chi connectivity index (χ2n) is 7.86. The number of nitriles is 1. The van der Waals surface area contributed by atoms with Crippen LogP contribution in [0.15, 0.2) is 34.9 Å². The molecule has 30 heavy (non-hydrogen) atoms. The zero-order valence-corrected chi connectivity index (χ0v) is 17.4. The predicted octanol–water partition coefficient (Wildman–Crippen LogP) is 3.86. The molecule has 0 spiro atoms. The molecule has 1 amide bonds. The van der Waals surface area contributed by atoms with E-state index in [4.69, 9.17) is 9.15 Å². The van der Waals surface area contributed by atoms with Crippen LogP contribution in [0.3, 0.4) is 0 Å². The van der Waals surface area contributed by atoms with Crippen molar-refractivity contribution >= 4 is 11.9 Å². The zero-order chi connectivity index (χ0) is 21.6. The molecular formula is C23H27N3O4. The van der Waals surface area contributed by atoms with Gasteiger partial charge in [-0.2, -0.15) is 5.26 Å². The molecule has 1 fully saturated rings. The number of hydrogen-bond donors (Lipinski definition) is 1. The number of nitrogens with one attached hydrogen (secondary N) is 1. The van der Waals surface area contributed by atoms with Gasteiger partial charge in [0.15, 0.2) is 17.8 Å². The van der Waals surface area contributed by atoms with Gasteiger partial charge in [0.05, 0.1) is 18.7 Å². The molecule has 3 rings (SSSR count). The topological polar surface area (TPSA) is 105 Å². The maximum absolute atomic E-state index is 12.4. The highest BCUT2D eigenvalue weighted by Crippen LogP contribution is 2.27. The fourth-order valence-electron chi connectivity index (χ4n) is 3.55. The molecule has 7 nitrogen and oxygen atoms in total. The van der Waals surface area contributed by atoms with Crippen molar-refractivity contribution < 1.29 is 18.7 Å². The minimum atomic E-state index is -0.961. The van der Waals surface area contributed by atoms with Gasteiger partial charge in [-0.25, -0.2) is 4.98 Å². The molecule has 1 aromatic heterocycles. The molecule has 1 unspecified atom stereocenters. The van der Waals surface area contributed by atoms with E-state index in [2.05, 4.69) is 16.4 Å². The van der Waals surface area contributed by atoms with E-state index in [0.29, 0.717) is 24.5 Å². The first-order valence-corrected chi connectivity index (χ1v) is 10.4. The van der Waals surface area contributed by atoms with E-state index >= 15 is 0 Å². The highest BCUT2D eigenvalue weighted by molar-refractivity contribution is 5.84. The van der Waals surface area contributed by atoms with Gasteiger partial charge < -0.3 is 14.5 Å². The van der Waals surface area contributed by atoms with Crippen LogP contribution in [0.4, 0.5) is 0 Å². The highest BCUT2D eigenvalue weighted by atomic mass is 16.5. The molecule has 0 bridgehead atoms. The molecular weight excluding hydrogens is 382 g/mol. The predicted molar refractivity (Wildman–Crippen MR) is 110 cm³/mol. The molecule has 2 aromatic rings. The SMILES string of the molecule is Cc1ccc(-c2cnc(CCC(=O)OC(C)C(=O)NC3(C#N)CCCCC3)o2)cc1. The summed E-state index contributed by atoms with van der Waals surface area (Å²) in [6.45, 7) is 3.53. The van der Waals surface area contributed by atoms with Crippen LogP contribution in [0, 0.1) is 18.3 Å². The summed E-state index contributed by atoms with van der Waals surface area (Å²) in [7, 11) is 0. The highest BCUT2D eigenvalue weighted by Gasteiger charge is 2.35. The first kappa shape index (κ1) is 21.6. The molecule has 0 aliphatic heterocycles. The summed E-state index contributed by atoms with van der Waals surface area (Å²) in [6.07, 6.45) is 5.13. The Morgan fingerprint density at radius 3 is 2.63 bits per heavy atom. The summed E-state index contributed by atoms with van der Waals surface area (Å²) in [5.74, 6) is 0.123. The van der Waals surface area contributed by atoms with Crippen LogP contribution in [0.25, 0.3) is 11.3 Å². The average Bonchev–Trinajstić information content (AvgIpc) is 3.22. The number of carbonyl (C=O) groups excluding carboxylic acids is 2. The molecule has 7 heteroatoms. The van der Waals surface area contributed by atoms with Crippen LogP contribution >= 0.6 is 0 Å². The minimum Gasteiger partial charge on any atom is -0.453 e. The monoisotopic (exact) mass is 409 g/mol. The van der Waals surface area contributed by atoms with Crippen LogP contribution in [0.1, 0.15) is 56.9 Å². The Bertz CT molecular complexity index is 921. The first-order chi connectivity index (χ1) is 14.4. The number of oxazole rings is 1. The van der Waals surface area contributed by atoms with Gasteiger partial charge in [-0.3, -0.25) is 9.59 Å². The Hall–Kier alpha value is -3.14. The molecule has 1 saturated carbocycles. The number of esters is 1. The third-order valence-corrected chi connectivity index (χ3v) is 5.39. The third-order valence-electron chi connectivity index (χ3n) is 5.39. The summed E-state index contributed by atoms with van der Waals surface area (Å²) in [4.78, 5) is 28.8. The summed E-state index contributed by atoms with van der Waals surface area (Å²) in [5.41, 5.74) is 1.23. The normalized spacial score (nSPS) is 16.3. The molecule has 1 aliphatic carbocycles. The van der Waals surface area contributed by atoms with Crippen molar-refractivity contribution in [2.45, 2.75) is 70.4 Å². The average molecular weight is 409 g/mol. The number of benzene rings is 1. The molecule has 1 N–H and O–H groups in total. The number of hydrogen-bond acceptors (Lipinski definition) is 6. The maximum Gasteiger partial charge on any atom is 0.307 e. The quantitative estimate of drug-likeness (QED) is 0.696. The molecule has 1 aromatic carbocycles. The van der Waals surface area contributed by atoms with Crippen LogP contribution in [-0.2, 0) is 20.7 Å². The van der Waals surface area contributed by atoms with E-state index in [1.54, 1.807) is 6.20 Å². The second kappa shape index (κ2) is 9.57. The van der Waals surface area contributed by atoms with E-state index in [-0.39, 0.29) is 12.8 Å². The molecule has 0 radical (unpaired) electrons. The second-order valence-corrected chi connectivity index (χ2v) is 7.86. The first-order valence-electron chi connectivity index (χ1n) is 10.4. The lowest BCUT2D eigenvalue weighted by Crippen LogP contribution is -2.52. The van der Waals surface area contributed by atoms with Crippen molar-refractivity contribution in [1.29, 1.82) is 5.26 Å². The van der Waals surface area contributed by atoms with Crippen LogP contribution in [0.5, 0.6) is 0 Å². The lowest BCUT2D eigenvalue weighted by molar-refractivity contribution is -0.155. The van der Waals surface area contributed by atoms with E-state index in [1.807, 2.05) is 31.2 Å². The number of amides is 1. The third kappa shape index (κ3) is 5.47. The van der Waals surface area contributed by atoms with Gasteiger partial charge in [0, 0.05) is 12.0 Å². The van der Waals surface area contributed by atoms with Crippen LogP contribution in [-0.4, -0.2) is 28.5 Å². The van der Waals surface area contributed by atoms with Gasteiger partial charge >= 0.3 is 5.97 Å². The molecule has 158 valence electrons. The van der Waals surface area contributed by atoms with E-state index < -0.39 is 23.5 Å². The summed E-state index contributed by atoms with van der Waals surface area (Å²) in [6, 6.07) is 10.1. The van der Waals surface area contributed by atoms with Crippen LogP contribution < -0.4 is 5.32 Å². The maximum atomic E-state index is 12.4. The van der Waals surface area contributed by atoms with Crippen molar-refractivity contribution in [1.82, 2.24) is 10.3 Å². The van der Waals surface area contributed by atoms with Gasteiger partial charge in [0.25, 0.3) is 5.91 Å². The van der Waals surface area contributed by atoms with Gasteiger partial charge in [-0.1, -0.05) is 49.1 Å². The van der Waals surface area contributed by atoms with Crippen molar-refractivity contribution in [2.75, 3.05) is 0 Å². The standard InChI is InChI=1S/C23H27N3O4/c1-16-6-8-18(9-7-16)19-14-25-20(30-19)10-11-21(27)29-17(2)22(28)26-23(15-24)12-4-3-5-13-23/h6-9,14,17H,3-5,10-13H2,1-2H3,(H,26,28). The van der Waals surface area contributed by atoms with Gasteiger partial charge in [0.1, 0.15) is 5.54 Å². The number of nitrogens with zero attached hydrogens (tertiary/aromatic N) is 2. The van der Waals surface area contributed by atoms with Crippen molar-refractivity contribution in [2.24, 2.45) is 0 Å². The Morgan fingerprint density at radius 2 is 1.97 bits per heavy atom. The molecule has 1 atom stereocenters. The fourth-order valence-corrected chi connectivity index (χ4v) is 3.55. The Morgan fingerprint density at radius 1 is 1.27 bits per heavy atom. The Balaban J connectivity index is 1.48. The minimum absolute atomic E-state index is 0.0505. The molecule has 0 saturated heterocycles. The van der Waals surface area contributed by atoms with E-state index in [9.17, 15) is 14.9 Å². The van der Waals surface area contributed by atoms with Crippen molar-refractivity contribution in [3.8, 4) is 17.4 Å². The smallest absolute Gasteiger partial charge is 0.307 e. The lowest BCUT2D eigenvalue weighted by atomic mass is 9.83. The number of rotatable bonds is 7. The molecule has 1 heterocycles. The number of aryl methyl sites for hydroxylation is 2. The van der Waals surface area contributed by atoms with Gasteiger partial charge in [0.2, 0.25) is 0 Å². The van der Waals surface area contributed by atoms with Crippen molar-refractivity contribution in [3.05, 3.63) is 41.9 Å². The summed E-state index contributed by atoms with van der Waals surface area (Å²) >= 11 is 0. The Labute approximate surface area is 176 Å². The molecule has 1 aliphatic rings. The zero-order valence-electron chi connectivity index (χ0n) is 17.4. The summed E-state index contributed by atoms with van der Waals surface area (Å²) < 4.78 is 10.9. The fraction of sp³-hybridized carbons (Fsp3) is 0.478. The lowest BCUT2D eigenvalue weighted by Gasteiger charge is -2.32. The van der Waals surface area contributed by atoms with Gasteiger partial charge in [-0.05, 0) is 26.7 Å². The number of aromatic nitrogens is 1. The largest absolute Gasteiger partial charge is 0.453 e. The summed E-state index contributed by atoms with van der Waals surface area (Å²) in [5, 5.41) is 12.3. The van der Waals surface area contributed by atoms with Crippen molar-refractivity contribution in [3.63, 3.8) is 0 Å².